The van der Waals surface area contributed by atoms with Gasteiger partial charge in [0.15, 0.2) is 0 Å². The van der Waals surface area contributed by atoms with Gasteiger partial charge in [-0.25, -0.2) is 0 Å². The van der Waals surface area contributed by atoms with Gasteiger partial charge in [-0.05, 0) is 0 Å². The third-order valence-corrected chi connectivity index (χ3v) is 21.8. The molecule has 0 amide bonds. The van der Waals surface area contributed by atoms with Crippen LogP contribution >= 0.6 is 0 Å². The molecule has 1 rings (SSSR count). The number of hydrogen-bond acceptors (Lipinski definition) is 1. The van der Waals surface area contributed by atoms with Crippen LogP contribution in [-0.2, 0) is 4.74 Å². The number of unbranched alkanes of at least 4 members (excludes halogenated alkanes) is 3. The number of hydrogen-bond donors (Lipinski definition) is 0. The van der Waals surface area contributed by atoms with Gasteiger partial charge in [0, 0.05) is 0 Å². The first-order valence-electron chi connectivity index (χ1n) is 9.40. The molecule has 0 unspecified atom stereocenters. The molecule has 1 aliphatic rings. The number of epoxide rings is 1. The van der Waals surface area contributed by atoms with Crippen LogP contribution < -0.4 is 0 Å². The van der Waals surface area contributed by atoms with E-state index in [1.54, 1.807) is 13.3 Å². The van der Waals surface area contributed by atoms with Crippen molar-refractivity contribution in [3.8, 4) is 0 Å². The minimum atomic E-state index is -2.11. The third kappa shape index (κ3) is 6.64. The quantitative estimate of drug-likeness (QED) is 0.274. The molecule has 0 aromatic heterocycles. The number of allylic oxidation sites excluding steroid dienone is 1. The molecule has 2 heteroatoms. The average Bonchev–Trinajstić information content (AvgIpc) is 3.31. The summed E-state index contributed by atoms with van der Waals surface area (Å²) in [6, 6.07) is 0. The second kappa shape index (κ2) is 10.3. The van der Waals surface area contributed by atoms with Crippen molar-refractivity contribution in [2.24, 2.45) is 5.92 Å². The van der Waals surface area contributed by atoms with Crippen molar-refractivity contribution in [2.75, 3.05) is 6.61 Å². The zero-order valence-electron chi connectivity index (χ0n) is 15.2. The summed E-state index contributed by atoms with van der Waals surface area (Å²) in [7, 11) is 0. The summed E-state index contributed by atoms with van der Waals surface area (Å²) in [6.07, 6.45) is 11.7. The van der Waals surface area contributed by atoms with Crippen molar-refractivity contribution in [1.82, 2.24) is 0 Å². The Bertz CT molecular complexity index is 285. The van der Waals surface area contributed by atoms with E-state index in [0.717, 1.165) is 6.61 Å². The van der Waals surface area contributed by atoms with Gasteiger partial charge >= 0.3 is 138 Å². The topological polar surface area (TPSA) is 12.5 Å². The van der Waals surface area contributed by atoms with Gasteiger partial charge in [-0.2, -0.15) is 0 Å². The van der Waals surface area contributed by atoms with Gasteiger partial charge in [0.25, 0.3) is 0 Å². The van der Waals surface area contributed by atoms with E-state index in [1.807, 2.05) is 3.59 Å². The summed E-state index contributed by atoms with van der Waals surface area (Å²) in [6.45, 7) is 12.9. The van der Waals surface area contributed by atoms with Crippen LogP contribution in [0.25, 0.3) is 0 Å². The monoisotopic (exact) mass is 402 g/mol. The molecule has 0 aromatic carbocycles. The molecule has 0 spiro atoms. The zero-order chi connectivity index (χ0) is 15.7. The Labute approximate surface area is 137 Å². The summed E-state index contributed by atoms with van der Waals surface area (Å²) in [5.74, 6) is 0.644. The predicted molar refractivity (Wildman–Crippen MR) is 97.6 cm³/mol. The Morgan fingerprint density at radius 1 is 1.05 bits per heavy atom. The van der Waals surface area contributed by atoms with Crippen LogP contribution in [0.2, 0.25) is 13.3 Å². The van der Waals surface area contributed by atoms with Gasteiger partial charge in [-0.15, -0.1) is 0 Å². The molecule has 1 saturated heterocycles. The molecule has 124 valence electrons. The molecule has 1 aliphatic heterocycles. The molecule has 0 bridgehead atoms. The van der Waals surface area contributed by atoms with E-state index < -0.39 is 18.4 Å². The van der Waals surface area contributed by atoms with Crippen molar-refractivity contribution >= 4 is 18.4 Å². The van der Waals surface area contributed by atoms with Crippen LogP contribution in [-0.4, -0.2) is 31.1 Å². The number of rotatable bonds is 12. The fraction of sp³-hybridized carbons (Fsp3) is 0.895. The van der Waals surface area contributed by atoms with Crippen LogP contribution in [0.5, 0.6) is 0 Å². The van der Waals surface area contributed by atoms with Gasteiger partial charge < -0.3 is 0 Å². The van der Waals surface area contributed by atoms with Crippen molar-refractivity contribution in [3.63, 3.8) is 0 Å². The first-order valence-corrected chi connectivity index (χ1v) is 16.9. The van der Waals surface area contributed by atoms with E-state index in [4.69, 9.17) is 4.74 Å². The van der Waals surface area contributed by atoms with E-state index in [9.17, 15) is 0 Å². The fourth-order valence-electron chi connectivity index (χ4n) is 3.55. The van der Waals surface area contributed by atoms with E-state index >= 15 is 0 Å². The van der Waals surface area contributed by atoms with E-state index in [1.165, 1.54) is 38.5 Å². The van der Waals surface area contributed by atoms with Crippen LogP contribution in [0, 0.1) is 5.92 Å². The maximum absolute atomic E-state index is 5.51. The van der Waals surface area contributed by atoms with Crippen molar-refractivity contribution in [1.29, 1.82) is 0 Å². The SMILES string of the molecule is CCC[CH2][Sn]([CH2]CCC)([CH2]CCC)/[C](C)=C/[C@H](C)[C@@H]1CO1. The molecule has 1 nitrogen and oxygen atoms in total. The minimum absolute atomic E-state index is 0.535. The maximum atomic E-state index is 5.51. The second-order valence-electron chi connectivity index (χ2n) is 7.17. The van der Waals surface area contributed by atoms with Crippen LogP contribution in [0.1, 0.15) is 73.1 Å². The molecule has 21 heavy (non-hydrogen) atoms. The van der Waals surface area contributed by atoms with Gasteiger partial charge in [0.1, 0.15) is 0 Å². The van der Waals surface area contributed by atoms with Crippen LogP contribution in [0.3, 0.4) is 0 Å². The fourth-order valence-corrected chi connectivity index (χ4v) is 19.6. The van der Waals surface area contributed by atoms with Gasteiger partial charge in [0.05, 0.1) is 0 Å². The molecule has 0 N–H and O–H groups in total. The zero-order valence-corrected chi connectivity index (χ0v) is 18.1. The molecule has 0 saturated carbocycles. The Hall–Kier alpha value is 0.499. The Kier molecular flexibility index (Phi) is 9.59. The molecular formula is C19H38OSn. The molecule has 0 radical (unpaired) electrons. The predicted octanol–water partition coefficient (Wildman–Crippen LogP) is 6.36. The Morgan fingerprint density at radius 3 is 1.81 bits per heavy atom. The Morgan fingerprint density at radius 2 is 1.48 bits per heavy atom. The molecule has 1 fully saturated rings. The molecule has 0 aliphatic carbocycles. The van der Waals surface area contributed by atoms with Crippen molar-refractivity contribution in [3.05, 3.63) is 9.67 Å². The second-order valence-corrected chi connectivity index (χ2v) is 21.0. The van der Waals surface area contributed by atoms with E-state index in [-0.39, 0.29) is 0 Å². The summed E-state index contributed by atoms with van der Waals surface area (Å²) >= 11 is -2.11. The van der Waals surface area contributed by atoms with E-state index in [2.05, 4.69) is 40.7 Å². The summed E-state index contributed by atoms with van der Waals surface area (Å²) in [5.41, 5.74) is 0. The summed E-state index contributed by atoms with van der Waals surface area (Å²) in [4.78, 5) is 0. The summed E-state index contributed by atoms with van der Waals surface area (Å²) in [5, 5.41) is 0. The normalized spacial score (nSPS) is 20.6. The standard InChI is InChI=1S/C7H11O.3C4H9.Sn/c1-3-4-6(2)7-5-8-7;3*1-3-4-2;/h4,6-7H,5H2,1-2H3;3*1,3-4H2,2H3;/t6-,7-;;;;/m0..../s1. The third-order valence-electron chi connectivity index (χ3n) is 5.32. The molecule has 1 heterocycles. The first-order chi connectivity index (χ1) is 10.1. The van der Waals surface area contributed by atoms with Gasteiger partial charge in [-0.1, -0.05) is 0 Å². The first kappa shape index (κ1) is 19.5. The average molecular weight is 401 g/mol. The van der Waals surface area contributed by atoms with Crippen LogP contribution in [0.4, 0.5) is 0 Å². The molecular weight excluding hydrogens is 363 g/mol. The number of ether oxygens (including phenoxy) is 1. The van der Waals surface area contributed by atoms with Gasteiger partial charge in [-0.3, -0.25) is 0 Å². The van der Waals surface area contributed by atoms with Crippen LogP contribution in [0.15, 0.2) is 9.67 Å². The molecule has 0 aromatic rings. The van der Waals surface area contributed by atoms with Crippen molar-refractivity contribution in [2.45, 2.75) is 92.6 Å². The van der Waals surface area contributed by atoms with E-state index in [0.29, 0.717) is 12.0 Å². The van der Waals surface area contributed by atoms with Crippen molar-refractivity contribution < 1.29 is 4.74 Å². The summed E-state index contributed by atoms with van der Waals surface area (Å²) < 4.78 is 12.1. The Balaban J connectivity index is 2.86. The van der Waals surface area contributed by atoms with Gasteiger partial charge in [0.2, 0.25) is 0 Å². The molecule has 2 atom stereocenters.